The highest BCUT2D eigenvalue weighted by Gasteiger charge is 2.04. The van der Waals surface area contributed by atoms with Crippen molar-refractivity contribution in [2.75, 3.05) is 25.0 Å². The van der Waals surface area contributed by atoms with Gasteiger partial charge in [-0.3, -0.25) is 4.79 Å². The molecule has 0 aliphatic rings. The number of hydrogen-bond donors (Lipinski definition) is 4. The highest BCUT2D eigenvalue weighted by atomic mass is 32.1. The van der Waals surface area contributed by atoms with Gasteiger partial charge in [0.25, 0.3) is 0 Å². The Hall–Kier alpha value is -2.61. The predicted molar refractivity (Wildman–Crippen MR) is 101 cm³/mol. The van der Waals surface area contributed by atoms with Crippen molar-refractivity contribution < 1.29 is 9.90 Å². The maximum Gasteiger partial charge on any atom is 0.246 e. The summed E-state index contributed by atoms with van der Waals surface area (Å²) in [6.45, 7) is 5.41. The first kappa shape index (κ1) is 18.7. The summed E-state index contributed by atoms with van der Waals surface area (Å²) in [6, 6.07) is 6.31. The SMILES string of the molecule is CCNC(=NCC(=O)Nc1ccc(O)cc1)NCCc1ncc(C)s1. The summed E-state index contributed by atoms with van der Waals surface area (Å²) in [5.41, 5.74) is 0.620. The number of aryl methyl sites for hydroxylation is 1. The summed E-state index contributed by atoms with van der Waals surface area (Å²) in [5.74, 6) is 0.528. The maximum absolute atomic E-state index is 12.0. The number of rotatable bonds is 7. The molecule has 0 unspecified atom stereocenters. The van der Waals surface area contributed by atoms with E-state index in [1.807, 2.05) is 20.0 Å². The lowest BCUT2D eigenvalue weighted by Crippen LogP contribution is -2.39. The number of anilines is 1. The molecule has 0 saturated heterocycles. The molecule has 0 saturated carbocycles. The van der Waals surface area contributed by atoms with E-state index in [1.54, 1.807) is 23.5 Å². The summed E-state index contributed by atoms with van der Waals surface area (Å²) in [6.07, 6.45) is 2.68. The van der Waals surface area contributed by atoms with Gasteiger partial charge in [0, 0.05) is 36.3 Å². The maximum atomic E-state index is 12.0. The minimum atomic E-state index is -0.224. The van der Waals surface area contributed by atoms with Gasteiger partial charge in [0.15, 0.2) is 5.96 Å². The number of phenols is 1. The fourth-order valence-electron chi connectivity index (χ4n) is 2.04. The second-order valence-corrected chi connectivity index (χ2v) is 6.65. The van der Waals surface area contributed by atoms with E-state index in [1.165, 1.54) is 17.0 Å². The summed E-state index contributed by atoms with van der Waals surface area (Å²) < 4.78 is 0. The molecule has 7 nitrogen and oxygen atoms in total. The third kappa shape index (κ3) is 6.80. The third-order valence-corrected chi connectivity index (χ3v) is 4.15. The number of nitrogens with one attached hydrogen (secondary N) is 3. The number of phenolic OH excluding ortho intramolecular Hbond substituents is 1. The van der Waals surface area contributed by atoms with Crippen molar-refractivity contribution in [1.82, 2.24) is 15.6 Å². The fraction of sp³-hybridized carbons (Fsp3) is 0.353. The molecule has 1 aromatic heterocycles. The van der Waals surface area contributed by atoms with Crippen LogP contribution in [0.1, 0.15) is 16.8 Å². The quantitative estimate of drug-likeness (QED) is 0.343. The van der Waals surface area contributed by atoms with Gasteiger partial charge >= 0.3 is 0 Å². The topological polar surface area (TPSA) is 98.6 Å². The Labute approximate surface area is 151 Å². The van der Waals surface area contributed by atoms with E-state index in [-0.39, 0.29) is 18.2 Å². The smallest absolute Gasteiger partial charge is 0.246 e. The van der Waals surface area contributed by atoms with Gasteiger partial charge in [-0.15, -0.1) is 11.3 Å². The van der Waals surface area contributed by atoms with Gasteiger partial charge in [0.1, 0.15) is 12.3 Å². The number of aromatic hydroxyl groups is 1. The van der Waals surface area contributed by atoms with Gasteiger partial charge in [0.2, 0.25) is 5.91 Å². The number of hydrogen-bond acceptors (Lipinski definition) is 5. The Morgan fingerprint density at radius 2 is 2.04 bits per heavy atom. The van der Waals surface area contributed by atoms with Crippen molar-refractivity contribution in [2.24, 2.45) is 4.99 Å². The fourth-order valence-corrected chi connectivity index (χ4v) is 2.83. The lowest BCUT2D eigenvalue weighted by molar-refractivity contribution is -0.114. The van der Waals surface area contributed by atoms with Crippen molar-refractivity contribution in [1.29, 1.82) is 0 Å². The Morgan fingerprint density at radius 1 is 1.28 bits per heavy atom. The van der Waals surface area contributed by atoms with Gasteiger partial charge in [-0.1, -0.05) is 0 Å². The van der Waals surface area contributed by atoms with Gasteiger partial charge < -0.3 is 21.1 Å². The molecule has 1 amide bonds. The first-order valence-corrected chi connectivity index (χ1v) is 8.91. The van der Waals surface area contributed by atoms with E-state index in [0.717, 1.165) is 11.4 Å². The first-order valence-electron chi connectivity index (χ1n) is 8.09. The highest BCUT2D eigenvalue weighted by Crippen LogP contribution is 2.13. The monoisotopic (exact) mass is 361 g/mol. The number of aliphatic imine (C=N–C) groups is 1. The lowest BCUT2D eigenvalue weighted by atomic mass is 10.3. The molecule has 0 atom stereocenters. The third-order valence-electron chi connectivity index (χ3n) is 3.18. The molecule has 0 bridgehead atoms. The Bertz CT molecular complexity index is 712. The van der Waals surface area contributed by atoms with E-state index < -0.39 is 0 Å². The van der Waals surface area contributed by atoms with Gasteiger partial charge in [-0.2, -0.15) is 0 Å². The highest BCUT2D eigenvalue weighted by molar-refractivity contribution is 7.11. The standard InChI is InChI=1S/C17H23N5O2S/c1-3-18-17(19-9-8-16-20-10-12(2)25-16)21-11-15(24)22-13-4-6-14(23)7-5-13/h4-7,10,23H,3,8-9,11H2,1-2H3,(H,22,24)(H2,18,19,21). The van der Waals surface area contributed by atoms with Crippen LogP contribution in [0.15, 0.2) is 35.5 Å². The molecule has 25 heavy (non-hydrogen) atoms. The van der Waals surface area contributed by atoms with Gasteiger partial charge in [-0.05, 0) is 38.1 Å². The summed E-state index contributed by atoms with van der Waals surface area (Å²) >= 11 is 1.68. The molecular weight excluding hydrogens is 338 g/mol. The summed E-state index contributed by atoms with van der Waals surface area (Å²) in [5, 5.41) is 19.3. The first-order chi connectivity index (χ1) is 12.1. The Morgan fingerprint density at radius 3 is 2.68 bits per heavy atom. The van der Waals surface area contributed by atoms with Crippen LogP contribution in [0, 0.1) is 6.92 Å². The van der Waals surface area contributed by atoms with Crippen LogP contribution in [0.2, 0.25) is 0 Å². The van der Waals surface area contributed by atoms with Crippen LogP contribution in [-0.4, -0.2) is 41.6 Å². The molecule has 0 spiro atoms. The molecule has 134 valence electrons. The lowest BCUT2D eigenvalue weighted by Gasteiger charge is -2.10. The zero-order chi connectivity index (χ0) is 18.1. The normalized spacial score (nSPS) is 11.2. The molecule has 0 fully saturated rings. The molecule has 8 heteroatoms. The van der Waals surface area contributed by atoms with E-state index in [0.29, 0.717) is 24.7 Å². The molecule has 0 radical (unpaired) electrons. The number of nitrogens with zero attached hydrogens (tertiary/aromatic N) is 2. The minimum Gasteiger partial charge on any atom is -0.508 e. The number of carbonyl (C=O) groups excluding carboxylic acids is 1. The van der Waals surface area contributed by atoms with Crippen LogP contribution < -0.4 is 16.0 Å². The van der Waals surface area contributed by atoms with Crippen LogP contribution in [0.4, 0.5) is 5.69 Å². The van der Waals surface area contributed by atoms with Crippen LogP contribution >= 0.6 is 11.3 Å². The number of guanidine groups is 1. The zero-order valence-corrected chi connectivity index (χ0v) is 15.2. The number of carbonyl (C=O) groups is 1. The van der Waals surface area contributed by atoms with Crippen molar-refractivity contribution in [3.8, 4) is 5.75 Å². The number of thiazole rings is 1. The van der Waals surface area contributed by atoms with Crippen LogP contribution in [0.3, 0.4) is 0 Å². The van der Waals surface area contributed by atoms with Crippen molar-refractivity contribution in [2.45, 2.75) is 20.3 Å². The second kappa shape index (κ2) is 9.63. The zero-order valence-electron chi connectivity index (χ0n) is 14.4. The molecule has 1 heterocycles. The van der Waals surface area contributed by atoms with E-state index >= 15 is 0 Å². The average Bonchev–Trinajstić information content (AvgIpc) is 3.00. The molecule has 2 aromatic rings. The van der Waals surface area contributed by atoms with Crippen molar-refractivity contribution >= 4 is 28.9 Å². The molecule has 0 aliphatic heterocycles. The molecule has 2 rings (SSSR count). The Kier molecular flexibility index (Phi) is 7.21. The average molecular weight is 361 g/mol. The Balaban J connectivity index is 1.81. The van der Waals surface area contributed by atoms with Gasteiger partial charge in [0.05, 0.1) is 5.01 Å². The second-order valence-electron chi connectivity index (χ2n) is 5.33. The van der Waals surface area contributed by atoms with Crippen LogP contribution in [0.25, 0.3) is 0 Å². The van der Waals surface area contributed by atoms with E-state index in [9.17, 15) is 9.90 Å². The van der Waals surface area contributed by atoms with Crippen molar-refractivity contribution in [3.05, 3.63) is 40.3 Å². The molecule has 4 N–H and O–H groups in total. The minimum absolute atomic E-state index is 0.00652. The summed E-state index contributed by atoms with van der Waals surface area (Å²) in [4.78, 5) is 21.8. The summed E-state index contributed by atoms with van der Waals surface area (Å²) in [7, 11) is 0. The van der Waals surface area contributed by atoms with Gasteiger partial charge in [-0.25, -0.2) is 9.98 Å². The predicted octanol–water partition coefficient (Wildman–Crippen LogP) is 1.89. The van der Waals surface area contributed by atoms with Crippen molar-refractivity contribution in [3.63, 3.8) is 0 Å². The number of amides is 1. The largest absolute Gasteiger partial charge is 0.508 e. The molecule has 0 aliphatic carbocycles. The van der Waals surface area contributed by atoms with Crippen LogP contribution in [-0.2, 0) is 11.2 Å². The molecule has 1 aromatic carbocycles. The number of benzene rings is 1. The van der Waals surface area contributed by atoms with E-state index in [4.69, 9.17) is 0 Å². The molecular formula is C17H23N5O2S. The van der Waals surface area contributed by atoms with E-state index in [2.05, 4.69) is 25.9 Å². The number of aromatic nitrogens is 1. The van der Waals surface area contributed by atoms with Crippen LogP contribution in [0.5, 0.6) is 5.75 Å².